The molecule has 0 fully saturated rings. The van der Waals surface area contributed by atoms with Crippen LogP contribution in [0.4, 0.5) is 0 Å². The average molecular weight is 315 g/mol. The lowest BCUT2D eigenvalue weighted by atomic mass is 10.1. The van der Waals surface area contributed by atoms with Gasteiger partial charge in [0.2, 0.25) is 0 Å². The number of carbonyl (C=O) groups excluding carboxylic acids is 1. The summed E-state index contributed by atoms with van der Waals surface area (Å²) in [5.74, 6) is -0.887. The Bertz CT molecular complexity index is 679. The van der Waals surface area contributed by atoms with Gasteiger partial charge in [-0.1, -0.05) is 12.1 Å². The van der Waals surface area contributed by atoms with E-state index < -0.39 is 17.9 Å². The minimum absolute atomic E-state index is 0.0999. The molecule has 1 atom stereocenters. The highest BCUT2D eigenvalue weighted by atomic mass is 16.5. The van der Waals surface area contributed by atoms with Gasteiger partial charge < -0.3 is 20.3 Å². The Kier molecular flexibility index (Phi) is 5.19. The molecule has 6 nitrogen and oxygen atoms in total. The zero-order valence-corrected chi connectivity index (χ0v) is 12.5. The fraction of sp³-hybridized carbons (Fsp3) is 0.176. The minimum atomic E-state index is -1.13. The van der Waals surface area contributed by atoms with Crippen LogP contribution in [0.2, 0.25) is 0 Å². The summed E-state index contributed by atoms with van der Waals surface area (Å²) >= 11 is 0. The average Bonchev–Trinajstić information content (AvgIpc) is 2.56. The molecule has 1 amide bonds. The van der Waals surface area contributed by atoms with Gasteiger partial charge in [-0.25, -0.2) is 4.79 Å². The summed E-state index contributed by atoms with van der Waals surface area (Å²) in [5.41, 5.74) is 1.05. The molecule has 0 aliphatic rings. The van der Waals surface area contributed by atoms with Crippen LogP contribution in [0.5, 0.6) is 11.5 Å². The lowest BCUT2D eigenvalue weighted by molar-refractivity contribution is -0.139. The van der Waals surface area contributed by atoms with Crippen molar-refractivity contribution >= 4 is 11.9 Å². The number of aromatic hydroxyl groups is 1. The molecule has 0 radical (unpaired) electrons. The van der Waals surface area contributed by atoms with E-state index in [0.717, 1.165) is 0 Å². The predicted molar refractivity (Wildman–Crippen MR) is 83.7 cm³/mol. The van der Waals surface area contributed by atoms with Crippen LogP contribution in [0.25, 0.3) is 0 Å². The number of phenols is 1. The summed E-state index contributed by atoms with van der Waals surface area (Å²) in [6, 6.07) is 11.5. The molecule has 6 heteroatoms. The number of benzene rings is 2. The van der Waals surface area contributed by atoms with Crippen LogP contribution in [0.3, 0.4) is 0 Å². The number of ether oxygens (including phenoxy) is 1. The zero-order valence-electron chi connectivity index (χ0n) is 12.5. The number of nitrogens with one attached hydrogen (secondary N) is 1. The molecule has 0 bridgehead atoms. The normalized spacial score (nSPS) is 11.5. The number of carbonyl (C=O) groups is 2. The quantitative estimate of drug-likeness (QED) is 0.756. The molecule has 0 aliphatic carbocycles. The number of amides is 1. The van der Waals surface area contributed by atoms with Gasteiger partial charge in [-0.05, 0) is 42.0 Å². The fourth-order valence-electron chi connectivity index (χ4n) is 2.05. The van der Waals surface area contributed by atoms with Crippen LogP contribution < -0.4 is 10.1 Å². The van der Waals surface area contributed by atoms with E-state index >= 15 is 0 Å². The number of hydrogen-bond donors (Lipinski definition) is 3. The van der Waals surface area contributed by atoms with E-state index in [4.69, 9.17) is 4.74 Å². The largest absolute Gasteiger partial charge is 0.508 e. The number of hydrogen-bond acceptors (Lipinski definition) is 4. The van der Waals surface area contributed by atoms with E-state index in [0.29, 0.717) is 16.9 Å². The molecule has 2 aromatic rings. The molecular formula is C17H17NO5. The molecule has 0 saturated carbocycles. The van der Waals surface area contributed by atoms with Gasteiger partial charge in [-0.15, -0.1) is 0 Å². The van der Waals surface area contributed by atoms with Crippen LogP contribution in [0.15, 0.2) is 48.5 Å². The molecule has 0 spiro atoms. The van der Waals surface area contributed by atoms with Crippen LogP contribution in [-0.2, 0) is 11.2 Å². The van der Waals surface area contributed by atoms with E-state index in [9.17, 15) is 19.8 Å². The van der Waals surface area contributed by atoms with Crippen molar-refractivity contribution in [3.8, 4) is 11.5 Å². The van der Waals surface area contributed by atoms with Gasteiger partial charge in [0, 0.05) is 12.0 Å². The highest BCUT2D eigenvalue weighted by Gasteiger charge is 2.21. The van der Waals surface area contributed by atoms with Crippen molar-refractivity contribution in [1.82, 2.24) is 5.32 Å². The molecule has 0 aromatic heterocycles. The van der Waals surface area contributed by atoms with Crippen LogP contribution in [-0.4, -0.2) is 35.2 Å². The summed E-state index contributed by atoms with van der Waals surface area (Å²) in [6.45, 7) is 0. The first-order valence-corrected chi connectivity index (χ1v) is 6.95. The number of carboxylic acid groups (broad SMARTS) is 1. The Morgan fingerprint density at radius 2 is 1.70 bits per heavy atom. The van der Waals surface area contributed by atoms with Gasteiger partial charge in [-0.2, -0.15) is 0 Å². The summed E-state index contributed by atoms with van der Waals surface area (Å²) in [4.78, 5) is 23.5. The molecule has 23 heavy (non-hydrogen) atoms. The highest BCUT2D eigenvalue weighted by molar-refractivity contribution is 5.96. The predicted octanol–water partition coefficient (Wildman–Crippen LogP) is 1.83. The molecule has 0 aliphatic heterocycles. The molecule has 0 unspecified atom stereocenters. The smallest absolute Gasteiger partial charge is 0.326 e. The maximum atomic E-state index is 12.1. The maximum absolute atomic E-state index is 12.1. The number of methoxy groups -OCH3 is 1. The molecule has 0 heterocycles. The molecule has 2 rings (SSSR count). The first kappa shape index (κ1) is 16.4. The van der Waals surface area contributed by atoms with Crippen molar-refractivity contribution < 1.29 is 24.5 Å². The van der Waals surface area contributed by atoms with Crippen LogP contribution >= 0.6 is 0 Å². The van der Waals surface area contributed by atoms with Crippen molar-refractivity contribution in [2.75, 3.05) is 7.11 Å². The van der Waals surface area contributed by atoms with Crippen molar-refractivity contribution in [1.29, 1.82) is 0 Å². The molecule has 2 aromatic carbocycles. The molecule has 3 N–H and O–H groups in total. The molecular weight excluding hydrogens is 298 g/mol. The monoisotopic (exact) mass is 315 g/mol. The summed E-state index contributed by atoms with van der Waals surface area (Å²) in [7, 11) is 1.52. The third kappa shape index (κ3) is 4.47. The second-order valence-electron chi connectivity index (χ2n) is 4.96. The van der Waals surface area contributed by atoms with E-state index in [1.54, 1.807) is 36.4 Å². The van der Waals surface area contributed by atoms with E-state index in [1.807, 2.05) is 0 Å². The Labute approximate surface area is 133 Å². The highest BCUT2D eigenvalue weighted by Crippen LogP contribution is 2.13. The molecule has 120 valence electrons. The summed E-state index contributed by atoms with van der Waals surface area (Å²) < 4.78 is 5.01. The third-order valence-corrected chi connectivity index (χ3v) is 3.33. The summed E-state index contributed by atoms with van der Waals surface area (Å²) in [5, 5.41) is 21.0. The number of aliphatic carboxylic acids is 1. The Balaban J connectivity index is 2.07. The Morgan fingerprint density at radius 3 is 2.22 bits per heavy atom. The first-order valence-electron chi connectivity index (χ1n) is 6.95. The lowest BCUT2D eigenvalue weighted by Crippen LogP contribution is -2.42. The fourth-order valence-corrected chi connectivity index (χ4v) is 2.05. The second kappa shape index (κ2) is 7.31. The lowest BCUT2D eigenvalue weighted by Gasteiger charge is -2.15. The first-order chi connectivity index (χ1) is 11.0. The Morgan fingerprint density at radius 1 is 1.09 bits per heavy atom. The van der Waals surface area contributed by atoms with Gasteiger partial charge >= 0.3 is 5.97 Å². The van der Waals surface area contributed by atoms with Gasteiger partial charge in [0.25, 0.3) is 5.91 Å². The zero-order chi connectivity index (χ0) is 16.8. The number of rotatable bonds is 6. The van der Waals surface area contributed by atoms with Crippen molar-refractivity contribution in [3.05, 3.63) is 59.7 Å². The third-order valence-electron chi connectivity index (χ3n) is 3.33. The minimum Gasteiger partial charge on any atom is -0.508 e. The van der Waals surface area contributed by atoms with Gasteiger partial charge in [-0.3, -0.25) is 4.79 Å². The maximum Gasteiger partial charge on any atom is 0.326 e. The van der Waals surface area contributed by atoms with Gasteiger partial charge in [0.15, 0.2) is 0 Å². The van der Waals surface area contributed by atoms with E-state index in [-0.39, 0.29) is 12.2 Å². The SMILES string of the molecule is COc1ccc(C(=O)N[C@@H](Cc2ccc(O)cc2)C(=O)O)cc1. The Hall–Kier alpha value is -3.02. The van der Waals surface area contributed by atoms with Gasteiger partial charge in [0.05, 0.1) is 7.11 Å². The molecule has 0 saturated heterocycles. The number of carboxylic acids is 1. The van der Waals surface area contributed by atoms with Gasteiger partial charge in [0.1, 0.15) is 17.5 Å². The van der Waals surface area contributed by atoms with Crippen molar-refractivity contribution in [2.24, 2.45) is 0 Å². The summed E-state index contributed by atoms with van der Waals surface area (Å²) in [6.07, 6.45) is 0.123. The van der Waals surface area contributed by atoms with E-state index in [2.05, 4.69) is 5.32 Å². The van der Waals surface area contributed by atoms with Crippen LogP contribution in [0, 0.1) is 0 Å². The van der Waals surface area contributed by atoms with Crippen molar-refractivity contribution in [2.45, 2.75) is 12.5 Å². The van der Waals surface area contributed by atoms with Crippen LogP contribution in [0.1, 0.15) is 15.9 Å². The van der Waals surface area contributed by atoms with Crippen molar-refractivity contribution in [3.63, 3.8) is 0 Å². The van der Waals surface area contributed by atoms with E-state index in [1.165, 1.54) is 19.2 Å². The standard InChI is InChI=1S/C17H17NO5/c1-23-14-8-4-12(5-9-14)16(20)18-15(17(21)22)10-11-2-6-13(19)7-3-11/h2-9,15,19H,10H2,1H3,(H,18,20)(H,21,22)/t15-/m0/s1. The topological polar surface area (TPSA) is 95.9 Å². The second-order valence-corrected chi connectivity index (χ2v) is 4.96. The number of phenolic OH excluding ortho intramolecular Hbond substituents is 1.